The largest absolute Gasteiger partial charge is 0.401 e. The SMILES string of the molecule is CCC(O)C(C=N)=C(N)CC(F)(F)F. The summed E-state index contributed by atoms with van der Waals surface area (Å²) in [5.74, 6) is 0. The summed E-state index contributed by atoms with van der Waals surface area (Å²) in [6.07, 6.45) is -5.92. The molecule has 1 unspecified atom stereocenters. The van der Waals surface area contributed by atoms with Crippen LogP contribution >= 0.6 is 0 Å². The van der Waals surface area contributed by atoms with Crippen LogP contribution in [0.2, 0.25) is 0 Å². The van der Waals surface area contributed by atoms with E-state index in [1.807, 2.05) is 0 Å². The molecule has 0 aliphatic heterocycles. The van der Waals surface area contributed by atoms with Crippen LogP contribution in [0.1, 0.15) is 19.8 Å². The van der Waals surface area contributed by atoms with Crippen LogP contribution in [-0.2, 0) is 0 Å². The number of nitrogens with two attached hydrogens (primary N) is 1. The third kappa shape index (κ3) is 4.27. The fraction of sp³-hybridized carbons (Fsp3) is 0.625. The third-order valence-electron chi connectivity index (χ3n) is 1.66. The van der Waals surface area contributed by atoms with E-state index in [9.17, 15) is 18.3 Å². The van der Waals surface area contributed by atoms with Gasteiger partial charge in [0.2, 0.25) is 0 Å². The minimum atomic E-state index is -4.41. The van der Waals surface area contributed by atoms with E-state index in [1.54, 1.807) is 6.92 Å². The molecule has 0 aromatic heterocycles. The Morgan fingerprint density at radius 3 is 2.36 bits per heavy atom. The molecular formula is C8H13F3N2O. The lowest BCUT2D eigenvalue weighted by molar-refractivity contribution is -0.127. The topological polar surface area (TPSA) is 70.1 Å². The monoisotopic (exact) mass is 210 g/mol. The highest BCUT2D eigenvalue weighted by Gasteiger charge is 2.29. The van der Waals surface area contributed by atoms with Crippen molar-refractivity contribution >= 4 is 6.21 Å². The van der Waals surface area contributed by atoms with Crippen molar-refractivity contribution in [3.8, 4) is 0 Å². The van der Waals surface area contributed by atoms with Crippen molar-refractivity contribution in [3.05, 3.63) is 11.3 Å². The molecule has 0 aromatic carbocycles. The second kappa shape index (κ2) is 4.99. The zero-order chi connectivity index (χ0) is 11.4. The Morgan fingerprint density at radius 1 is 1.57 bits per heavy atom. The summed E-state index contributed by atoms with van der Waals surface area (Å²) in [5, 5.41) is 16.1. The van der Waals surface area contributed by atoms with Gasteiger partial charge in [-0.2, -0.15) is 13.2 Å². The predicted molar refractivity (Wildman–Crippen MR) is 47.0 cm³/mol. The first-order chi connectivity index (χ1) is 6.31. The molecule has 14 heavy (non-hydrogen) atoms. The van der Waals surface area contributed by atoms with Crippen molar-refractivity contribution in [2.75, 3.05) is 0 Å². The molecule has 3 nitrogen and oxygen atoms in total. The average Bonchev–Trinajstić information content (AvgIpc) is 2.01. The van der Waals surface area contributed by atoms with Gasteiger partial charge in [-0.05, 0) is 6.42 Å². The summed E-state index contributed by atoms with van der Waals surface area (Å²) >= 11 is 0. The molecule has 0 aliphatic rings. The number of hydrogen-bond donors (Lipinski definition) is 3. The number of allylic oxidation sites excluding steroid dienone is 1. The summed E-state index contributed by atoms with van der Waals surface area (Å²) in [5.41, 5.74) is 4.48. The molecule has 0 radical (unpaired) electrons. The van der Waals surface area contributed by atoms with Gasteiger partial charge in [-0.3, -0.25) is 0 Å². The molecule has 6 heteroatoms. The third-order valence-corrected chi connectivity index (χ3v) is 1.66. The summed E-state index contributed by atoms with van der Waals surface area (Å²) in [6, 6.07) is 0. The van der Waals surface area contributed by atoms with Gasteiger partial charge in [0, 0.05) is 17.5 Å². The minimum absolute atomic E-state index is 0.162. The van der Waals surface area contributed by atoms with Crippen molar-refractivity contribution in [3.63, 3.8) is 0 Å². The molecule has 0 saturated carbocycles. The Kier molecular flexibility index (Phi) is 4.62. The fourth-order valence-electron chi connectivity index (χ4n) is 0.941. The normalized spacial score (nSPS) is 16.1. The Morgan fingerprint density at radius 2 is 2.07 bits per heavy atom. The Labute approximate surface area is 79.9 Å². The van der Waals surface area contributed by atoms with Gasteiger partial charge >= 0.3 is 6.18 Å². The van der Waals surface area contributed by atoms with E-state index in [0.29, 0.717) is 6.21 Å². The van der Waals surface area contributed by atoms with Gasteiger partial charge in [0.1, 0.15) is 0 Å². The number of nitrogens with one attached hydrogen (secondary N) is 1. The van der Waals surface area contributed by atoms with E-state index in [1.165, 1.54) is 0 Å². The number of hydrogen-bond acceptors (Lipinski definition) is 3. The molecule has 0 spiro atoms. The lowest BCUT2D eigenvalue weighted by Crippen LogP contribution is -2.21. The van der Waals surface area contributed by atoms with Gasteiger partial charge in [-0.25, -0.2) is 0 Å². The van der Waals surface area contributed by atoms with Crippen LogP contribution < -0.4 is 5.73 Å². The zero-order valence-corrected chi connectivity index (χ0v) is 7.73. The Hall–Kier alpha value is -1.04. The number of aliphatic hydroxyl groups is 1. The maximum absolute atomic E-state index is 11.9. The molecule has 82 valence electrons. The second-order valence-corrected chi connectivity index (χ2v) is 2.84. The van der Waals surface area contributed by atoms with Gasteiger partial charge in [-0.1, -0.05) is 6.92 Å². The van der Waals surface area contributed by atoms with E-state index in [0.717, 1.165) is 0 Å². The maximum atomic E-state index is 11.9. The van der Waals surface area contributed by atoms with E-state index in [-0.39, 0.29) is 12.0 Å². The molecule has 4 N–H and O–H groups in total. The summed E-state index contributed by atoms with van der Waals surface area (Å²) in [6.45, 7) is 1.59. The van der Waals surface area contributed by atoms with Crippen molar-refractivity contribution < 1.29 is 18.3 Å². The number of aliphatic hydroxyl groups excluding tert-OH is 1. The van der Waals surface area contributed by atoms with E-state index in [4.69, 9.17) is 11.1 Å². The van der Waals surface area contributed by atoms with Crippen molar-refractivity contribution in [1.82, 2.24) is 0 Å². The minimum Gasteiger partial charge on any atom is -0.401 e. The molecular weight excluding hydrogens is 197 g/mol. The van der Waals surface area contributed by atoms with Crippen LogP contribution in [0.5, 0.6) is 0 Å². The van der Waals surface area contributed by atoms with Crippen molar-refractivity contribution in [2.24, 2.45) is 5.73 Å². The van der Waals surface area contributed by atoms with Crippen molar-refractivity contribution in [2.45, 2.75) is 32.0 Å². The lowest BCUT2D eigenvalue weighted by Gasteiger charge is -2.13. The number of halogens is 3. The highest BCUT2D eigenvalue weighted by Crippen LogP contribution is 2.24. The van der Waals surface area contributed by atoms with E-state index in [2.05, 4.69) is 0 Å². The molecule has 0 aromatic rings. The first-order valence-electron chi connectivity index (χ1n) is 4.05. The summed E-state index contributed by atoms with van der Waals surface area (Å²) in [4.78, 5) is 0. The van der Waals surface area contributed by atoms with Gasteiger partial charge in [0.05, 0.1) is 12.5 Å². The maximum Gasteiger partial charge on any atom is 0.394 e. The summed E-state index contributed by atoms with van der Waals surface area (Å²) < 4.78 is 35.7. The van der Waals surface area contributed by atoms with Gasteiger partial charge in [0.15, 0.2) is 0 Å². The zero-order valence-electron chi connectivity index (χ0n) is 7.73. The van der Waals surface area contributed by atoms with E-state index >= 15 is 0 Å². The summed E-state index contributed by atoms with van der Waals surface area (Å²) in [7, 11) is 0. The fourth-order valence-corrected chi connectivity index (χ4v) is 0.941. The molecule has 0 bridgehead atoms. The van der Waals surface area contributed by atoms with E-state index < -0.39 is 24.4 Å². The van der Waals surface area contributed by atoms with Crippen LogP contribution in [0.15, 0.2) is 11.3 Å². The van der Waals surface area contributed by atoms with Crippen LogP contribution in [0.4, 0.5) is 13.2 Å². The highest BCUT2D eigenvalue weighted by atomic mass is 19.4. The quantitative estimate of drug-likeness (QED) is 0.616. The standard InChI is InChI=1S/C8H13F3N2O/c1-2-7(14)5(4-12)6(13)3-8(9,10)11/h4,7,12,14H,2-3,13H2,1H3. The van der Waals surface area contributed by atoms with Crippen LogP contribution in [0, 0.1) is 5.41 Å². The molecule has 0 saturated heterocycles. The molecule has 0 amide bonds. The molecule has 0 fully saturated rings. The molecule has 1 atom stereocenters. The number of alkyl halides is 3. The van der Waals surface area contributed by atoms with Gasteiger partial charge < -0.3 is 16.2 Å². The van der Waals surface area contributed by atoms with Gasteiger partial charge in [-0.15, -0.1) is 0 Å². The van der Waals surface area contributed by atoms with Crippen LogP contribution in [0.25, 0.3) is 0 Å². The lowest BCUT2D eigenvalue weighted by atomic mass is 10.0. The highest BCUT2D eigenvalue weighted by molar-refractivity contribution is 5.78. The predicted octanol–water partition coefficient (Wildman–Crippen LogP) is 1.57. The first-order valence-corrected chi connectivity index (χ1v) is 4.05. The van der Waals surface area contributed by atoms with Crippen LogP contribution in [0.3, 0.4) is 0 Å². The molecule has 0 rings (SSSR count). The first kappa shape index (κ1) is 13.0. The van der Waals surface area contributed by atoms with Crippen LogP contribution in [-0.4, -0.2) is 23.6 Å². The van der Waals surface area contributed by atoms with Crippen molar-refractivity contribution in [1.29, 1.82) is 5.41 Å². The smallest absolute Gasteiger partial charge is 0.394 e. The number of rotatable bonds is 4. The molecule has 0 aliphatic carbocycles. The Balaban J connectivity index is 4.75. The second-order valence-electron chi connectivity index (χ2n) is 2.84. The average molecular weight is 210 g/mol. The van der Waals surface area contributed by atoms with Gasteiger partial charge in [0.25, 0.3) is 0 Å². The Bertz CT molecular complexity index is 235. The molecule has 0 heterocycles.